The van der Waals surface area contributed by atoms with Crippen molar-refractivity contribution in [3.63, 3.8) is 0 Å². The third kappa shape index (κ3) is 3.87. The minimum atomic E-state index is -0.437. The first-order valence-corrected chi connectivity index (χ1v) is 6.99. The van der Waals surface area contributed by atoms with E-state index in [-0.39, 0.29) is 5.91 Å². The Morgan fingerprint density at radius 3 is 2.81 bits per heavy atom. The van der Waals surface area contributed by atoms with Crippen LogP contribution in [0, 0.1) is 5.41 Å². The highest BCUT2D eigenvalue weighted by molar-refractivity contribution is 5.94. The van der Waals surface area contributed by atoms with E-state index < -0.39 is 5.41 Å². The number of carbonyl (C=O) groups excluding carboxylic acids is 1. The molecule has 0 aliphatic rings. The number of hydrogen-bond acceptors (Lipinski definition) is 5. The summed E-state index contributed by atoms with van der Waals surface area (Å²) in [5.41, 5.74) is 0.234. The topological polar surface area (TPSA) is 90.5 Å². The van der Waals surface area contributed by atoms with Crippen LogP contribution in [0.2, 0.25) is 0 Å². The average Bonchev–Trinajstić information content (AvgIpc) is 3.00. The summed E-state index contributed by atoms with van der Waals surface area (Å²) in [4.78, 5) is 11.9. The number of aryl methyl sites for hydroxylation is 1. The molecule has 0 radical (unpaired) electrons. The molecule has 0 saturated heterocycles. The molecule has 0 unspecified atom stereocenters. The number of aromatic nitrogens is 6. The molecule has 2 aromatic rings. The van der Waals surface area contributed by atoms with E-state index in [9.17, 15) is 4.79 Å². The van der Waals surface area contributed by atoms with Gasteiger partial charge in [0.05, 0.1) is 11.9 Å². The van der Waals surface area contributed by atoms with Crippen LogP contribution in [-0.4, -0.2) is 35.9 Å². The number of anilines is 1. The molecule has 0 fully saturated rings. The number of tetrazole rings is 1. The van der Waals surface area contributed by atoms with Crippen molar-refractivity contribution in [1.82, 2.24) is 30.0 Å². The van der Waals surface area contributed by atoms with E-state index in [1.807, 2.05) is 20.8 Å². The fourth-order valence-electron chi connectivity index (χ4n) is 1.70. The van der Waals surface area contributed by atoms with Gasteiger partial charge in [-0.2, -0.15) is 5.10 Å². The first-order valence-electron chi connectivity index (χ1n) is 6.99. The summed E-state index contributed by atoms with van der Waals surface area (Å²) in [5.74, 6) is 0.700. The predicted octanol–water partition coefficient (Wildman–Crippen LogP) is 1.31. The lowest BCUT2D eigenvalue weighted by molar-refractivity contribution is -0.123. The maximum atomic E-state index is 11.9. The van der Waals surface area contributed by atoms with Gasteiger partial charge in [0.25, 0.3) is 0 Å². The van der Waals surface area contributed by atoms with Crippen molar-refractivity contribution in [3.05, 3.63) is 18.2 Å². The van der Waals surface area contributed by atoms with Crippen LogP contribution in [-0.2, 0) is 17.9 Å². The summed E-state index contributed by atoms with van der Waals surface area (Å²) in [6.45, 7) is 8.91. The fraction of sp³-hybridized carbons (Fsp3) is 0.615. The Kier molecular flexibility index (Phi) is 4.35. The standard InChI is InChI=1S/C13H21N7O/c1-5-6-20-11(16-17-18-20)9-19-8-10(7-14-19)15-12(21)13(2,3)4/h7-8H,5-6,9H2,1-4H3,(H,15,21). The molecule has 0 aliphatic heterocycles. The minimum Gasteiger partial charge on any atom is -0.323 e. The second kappa shape index (κ2) is 6.02. The van der Waals surface area contributed by atoms with Crippen molar-refractivity contribution in [2.45, 2.75) is 47.2 Å². The molecule has 1 N–H and O–H groups in total. The van der Waals surface area contributed by atoms with Crippen LogP contribution in [0.1, 0.15) is 39.9 Å². The molecule has 21 heavy (non-hydrogen) atoms. The van der Waals surface area contributed by atoms with Crippen molar-refractivity contribution >= 4 is 11.6 Å². The smallest absolute Gasteiger partial charge is 0.229 e. The molecule has 114 valence electrons. The number of carbonyl (C=O) groups is 1. The molecule has 2 rings (SSSR count). The second-order valence-electron chi connectivity index (χ2n) is 5.95. The summed E-state index contributed by atoms with van der Waals surface area (Å²) in [7, 11) is 0. The van der Waals surface area contributed by atoms with E-state index in [2.05, 4.69) is 32.9 Å². The van der Waals surface area contributed by atoms with Crippen LogP contribution < -0.4 is 5.32 Å². The van der Waals surface area contributed by atoms with Gasteiger partial charge in [0.2, 0.25) is 5.91 Å². The van der Waals surface area contributed by atoms with Gasteiger partial charge in [0.1, 0.15) is 6.54 Å². The lowest BCUT2D eigenvalue weighted by Crippen LogP contribution is -2.27. The van der Waals surface area contributed by atoms with Gasteiger partial charge >= 0.3 is 0 Å². The summed E-state index contributed by atoms with van der Waals surface area (Å²) in [6.07, 6.45) is 4.36. The Balaban J connectivity index is 2.03. The molecule has 8 nitrogen and oxygen atoms in total. The monoisotopic (exact) mass is 291 g/mol. The van der Waals surface area contributed by atoms with E-state index in [4.69, 9.17) is 0 Å². The Bertz CT molecular complexity index is 608. The Hall–Kier alpha value is -2.25. The normalized spacial score (nSPS) is 11.6. The molecule has 0 saturated carbocycles. The number of rotatable bonds is 5. The van der Waals surface area contributed by atoms with Crippen LogP contribution in [0.4, 0.5) is 5.69 Å². The fourth-order valence-corrected chi connectivity index (χ4v) is 1.70. The van der Waals surface area contributed by atoms with Crippen molar-refractivity contribution in [3.8, 4) is 0 Å². The van der Waals surface area contributed by atoms with Crippen LogP contribution in [0.15, 0.2) is 12.4 Å². The van der Waals surface area contributed by atoms with E-state index in [1.165, 1.54) is 0 Å². The maximum Gasteiger partial charge on any atom is 0.229 e. The minimum absolute atomic E-state index is 0.0436. The van der Waals surface area contributed by atoms with Gasteiger partial charge in [-0.1, -0.05) is 27.7 Å². The summed E-state index contributed by atoms with van der Waals surface area (Å²) in [5, 5.41) is 18.7. The summed E-state index contributed by atoms with van der Waals surface area (Å²) in [6, 6.07) is 0. The molecule has 0 aliphatic carbocycles. The lowest BCUT2D eigenvalue weighted by atomic mass is 9.96. The average molecular weight is 291 g/mol. The molecule has 0 atom stereocenters. The Morgan fingerprint density at radius 2 is 2.14 bits per heavy atom. The van der Waals surface area contributed by atoms with Crippen molar-refractivity contribution in [2.24, 2.45) is 5.41 Å². The molecule has 0 bridgehead atoms. The highest BCUT2D eigenvalue weighted by atomic mass is 16.2. The van der Waals surface area contributed by atoms with E-state index in [0.717, 1.165) is 18.8 Å². The SMILES string of the molecule is CCCn1nnnc1Cn1cc(NC(=O)C(C)(C)C)cn1. The number of nitrogens with zero attached hydrogens (tertiary/aromatic N) is 6. The zero-order valence-electron chi connectivity index (χ0n) is 12.9. The quantitative estimate of drug-likeness (QED) is 0.897. The zero-order valence-corrected chi connectivity index (χ0v) is 12.9. The van der Waals surface area contributed by atoms with Gasteiger partial charge < -0.3 is 5.32 Å². The first kappa shape index (κ1) is 15.1. The molecular formula is C13H21N7O. The van der Waals surface area contributed by atoms with Crippen molar-refractivity contribution in [1.29, 1.82) is 0 Å². The van der Waals surface area contributed by atoms with Crippen LogP contribution in [0.5, 0.6) is 0 Å². The molecule has 2 heterocycles. The van der Waals surface area contributed by atoms with Gasteiger partial charge in [-0.05, 0) is 16.8 Å². The van der Waals surface area contributed by atoms with Crippen LogP contribution >= 0.6 is 0 Å². The number of nitrogens with one attached hydrogen (secondary N) is 1. The third-order valence-corrected chi connectivity index (χ3v) is 2.92. The van der Waals surface area contributed by atoms with Crippen molar-refractivity contribution in [2.75, 3.05) is 5.32 Å². The van der Waals surface area contributed by atoms with Crippen LogP contribution in [0.25, 0.3) is 0 Å². The van der Waals surface area contributed by atoms with E-state index >= 15 is 0 Å². The first-order chi connectivity index (χ1) is 9.90. The molecular weight excluding hydrogens is 270 g/mol. The highest BCUT2D eigenvalue weighted by Crippen LogP contribution is 2.17. The van der Waals surface area contributed by atoms with E-state index in [1.54, 1.807) is 21.8 Å². The van der Waals surface area contributed by atoms with Crippen LogP contribution in [0.3, 0.4) is 0 Å². The Labute approximate surface area is 123 Å². The molecule has 0 spiro atoms. The van der Waals surface area contributed by atoms with Gasteiger partial charge in [0, 0.05) is 18.2 Å². The van der Waals surface area contributed by atoms with Crippen molar-refractivity contribution < 1.29 is 4.79 Å². The molecule has 1 amide bonds. The zero-order chi connectivity index (χ0) is 15.5. The summed E-state index contributed by atoms with van der Waals surface area (Å²) < 4.78 is 3.46. The number of hydrogen-bond donors (Lipinski definition) is 1. The number of amides is 1. The van der Waals surface area contributed by atoms with Gasteiger partial charge in [-0.3, -0.25) is 9.48 Å². The Morgan fingerprint density at radius 1 is 1.38 bits per heavy atom. The van der Waals surface area contributed by atoms with Gasteiger partial charge in [-0.25, -0.2) is 4.68 Å². The van der Waals surface area contributed by atoms with E-state index in [0.29, 0.717) is 12.2 Å². The molecule has 0 aromatic carbocycles. The van der Waals surface area contributed by atoms with Gasteiger partial charge in [-0.15, -0.1) is 5.10 Å². The predicted molar refractivity (Wildman–Crippen MR) is 77.5 cm³/mol. The second-order valence-corrected chi connectivity index (χ2v) is 5.95. The third-order valence-electron chi connectivity index (χ3n) is 2.92. The molecule has 2 aromatic heterocycles. The maximum absolute atomic E-state index is 11.9. The van der Waals surface area contributed by atoms with Gasteiger partial charge in [0.15, 0.2) is 5.82 Å². The largest absolute Gasteiger partial charge is 0.323 e. The summed E-state index contributed by atoms with van der Waals surface area (Å²) >= 11 is 0. The molecule has 8 heteroatoms. The lowest BCUT2D eigenvalue weighted by Gasteiger charge is -2.16. The highest BCUT2D eigenvalue weighted by Gasteiger charge is 2.21.